The second-order valence-electron chi connectivity index (χ2n) is 4.45. The van der Waals surface area contributed by atoms with E-state index in [1.165, 1.54) is 17.0 Å². The van der Waals surface area contributed by atoms with E-state index in [0.717, 1.165) is 5.56 Å². The van der Waals surface area contributed by atoms with E-state index >= 15 is 0 Å². The molecule has 0 atom stereocenters. The molecular formula is C13H14N6O3. The first kappa shape index (κ1) is 15.3. The zero-order chi connectivity index (χ0) is 15.9. The van der Waals surface area contributed by atoms with Crippen LogP contribution in [0.25, 0.3) is 0 Å². The fourth-order valence-corrected chi connectivity index (χ4v) is 1.70. The van der Waals surface area contributed by atoms with Crippen LogP contribution >= 0.6 is 0 Å². The summed E-state index contributed by atoms with van der Waals surface area (Å²) in [5.74, 6) is -0.531. The second kappa shape index (κ2) is 7.07. The van der Waals surface area contributed by atoms with E-state index in [-0.39, 0.29) is 24.7 Å². The molecule has 0 aliphatic heterocycles. The molecule has 0 fully saturated rings. The van der Waals surface area contributed by atoms with Crippen molar-refractivity contribution in [2.75, 3.05) is 0 Å². The number of aryl methyl sites for hydroxylation is 2. The number of aromatic nitrogens is 3. The van der Waals surface area contributed by atoms with Gasteiger partial charge in [-0.2, -0.15) is 9.78 Å². The second-order valence-corrected chi connectivity index (χ2v) is 4.45. The van der Waals surface area contributed by atoms with E-state index in [9.17, 15) is 14.9 Å². The largest absolute Gasteiger partial charge is 0.390 e. The van der Waals surface area contributed by atoms with Gasteiger partial charge in [0.25, 0.3) is 0 Å². The topological polar surface area (TPSA) is 115 Å². The molecule has 0 spiro atoms. The SMILES string of the molecule is Cc1cc([N+](=O)[O-])nn1CCC(=O)N/N=C/c1ccncc1. The lowest BCUT2D eigenvalue weighted by atomic mass is 10.3. The molecule has 0 bridgehead atoms. The Morgan fingerprint density at radius 3 is 2.86 bits per heavy atom. The molecule has 2 rings (SSSR count). The Balaban J connectivity index is 1.83. The summed E-state index contributed by atoms with van der Waals surface area (Å²) in [6.45, 7) is 1.94. The zero-order valence-electron chi connectivity index (χ0n) is 11.8. The third-order valence-corrected chi connectivity index (χ3v) is 2.81. The molecule has 0 aromatic carbocycles. The molecule has 0 saturated heterocycles. The smallest absolute Gasteiger partial charge is 0.358 e. The maximum Gasteiger partial charge on any atom is 0.390 e. The Kier molecular flexibility index (Phi) is 4.91. The first-order valence-corrected chi connectivity index (χ1v) is 6.47. The fourth-order valence-electron chi connectivity index (χ4n) is 1.70. The van der Waals surface area contributed by atoms with Gasteiger partial charge in [-0.3, -0.25) is 9.78 Å². The van der Waals surface area contributed by atoms with Crippen molar-refractivity contribution in [3.05, 3.63) is 52.0 Å². The molecule has 2 heterocycles. The van der Waals surface area contributed by atoms with E-state index in [1.807, 2.05) is 0 Å². The van der Waals surface area contributed by atoms with Gasteiger partial charge in [-0.05, 0) is 29.5 Å². The van der Waals surface area contributed by atoms with Crippen LogP contribution in [0.15, 0.2) is 35.7 Å². The summed E-state index contributed by atoms with van der Waals surface area (Å²) in [7, 11) is 0. The molecule has 0 saturated carbocycles. The Hall–Kier alpha value is -3.10. The molecule has 0 aliphatic rings. The summed E-state index contributed by atoms with van der Waals surface area (Å²) in [5.41, 5.74) is 3.82. The van der Waals surface area contributed by atoms with Gasteiger partial charge in [0.15, 0.2) is 0 Å². The van der Waals surface area contributed by atoms with Crippen LogP contribution < -0.4 is 5.43 Å². The summed E-state index contributed by atoms with van der Waals surface area (Å²) in [6, 6.07) is 4.86. The lowest BCUT2D eigenvalue weighted by molar-refractivity contribution is -0.389. The van der Waals surface area contributed by atoms with Crippen molar-refractivity contribution in [1.82, 2.24) is 20.2 Å². The summed E-state index contributed by atoms with van der Waals surface area (Å²) < 4.78 is 1.42. The van der Waals surface area contributed by atoms with Crippen molar-refractivity contribution in [1.29, 1.82) is 0 Å². The van der Waals surface area contributed by atoms with Crippen LogP contribution in [0.1, 0.15) is 17.7 Å². The van der Waals surface area contributed by atoms with Crippen LogP contribution in [0.5, 0.6) is 0 Å². The third kappa shape index (κ3) is 4.20. The lowest BCUT2D eigenvalue weighted by Crippen LogP contribution is -2.20. The van der Waals surface area contributed by atoms with Crippen molar-refractivity contribution in [3.63, 3.8) is 0 Å². The van der Waals surface area contributed by atoms with E-state index in [4.69, 9.17) is 0 Å². The Morgan fingerprint density at radius 1 is 1.50 bits per heavy atom. The standard InChI is InChI=1S/C13H14N6O3/c1-10-8-12(19(21)22)17-18(10)7-4-13(20)16-15-9-11-2-5-14-6-3-11/h2-3,5-6,8-9H,4,7H2,1H3,(H,16,20)/b15-9+. The lowest BCUT2D eigenvalue weighted by Gasteiger charge is -1.99. The molecule has 2 aromatic rings. The molecule has 0 radical (unpaired) electrons. The van der Waals surface area contributed by atoms with Crippen molar-refractivity contribution >= 4 is 17.9 Å². The molecule has 9 nitrogen and oxygen atoms in total. The monoisotopic (exact) mass is 302 g/mol. The number of amides is 1. The highest BCUT2D eigenvalue weighted by atomic mass is 16.6. The molecule has 9 heteroatoms. The number of rotatable bonds is 6. The van der Waals surface area contributed by atoms with Gasteiger partial charge in [-0.15, -0.1) is 0 Å². The molecular weight excluding hydrogens is 288 g/mol. The number of hydrazone groups is 1. The molecule has 2 aromatic heterocycles. The van der Waals surface area contributed by atoms with Crippen molar-refractivity contribution in [3.8, 4) is 0 Å². The highest BCUT2D eigenvalue weighted by molar-refractivity contribution is 5.82. The predicted octanol–water partition coefficient (Wildman–Crippen LogP) is 1.04. The molecule has 1 N–H and O–H groups in total. The van der Waals surface area contributed by atoms with Gasteiger partial charge >= 0.3 is 5.82 Å². The van der Waals surface area contributed by atoms with Gasteiger partial charge in [0.1, 0.15) is 0 Å². The van der Waals surface area contributed by atoms with Crippen LogP contribution in [-0.2, 0) is 11.3 Å². The van der Waals surface area contributed by atoms with Gasteiger partial charge in [0.05, 0.1) is 29.6 Å². The number of hydrogen-bond donors (Lipinski definition) is 1. The number of pyridine rings is 1. The van der Waals surface area contributed by atoms with Gasteiger partial charge in [-0.1, -0.05) is 0 Å². The van der Waals surface area contributed by atoms with E-state index in [1.54, 1.807) is 31.5 Å². The van der Waals surface area contributed by atoms with Gasteiger partial charge < -0.3 is 10.1 Å². The van der Waals surface area contributed by atoms with Crippen molar-refractivity contribution < 1.29 is 9.72 Å². The Labute approximate surface area is 125 Å². The number of nitrogens with one attached hydrogen (secondary N) is 1. The highest BCUT2D eigenvalue weighted by Crippen LogP contribution is 2.11. The number of nitro groups is 1. The summed E-state index contributed by atoms with van der Waals surface area (Å²) in [5, 5.41) is 18.2. The van der Waals surface area contributed by atoms with Crippen LogP contribution in [0.3, 0.4) is 0 Å². The van der Waals surface area contributed by atoms with Crippen LogP contribution in [0.2, 0.25) is 0 Å². The zero-order valence-corrected chi connectivity index (χ0v) is 11.8. The average Bonchev–Trinajstić information content (AvgIpc) is 2.88. The third-order valence-electron chi connectivity index (χ3n) is 2.81. The Bertz CT molecular complexity index is 695. The normalized spacial score (nSPS) is 10.8. The highest BCUT2D eigenvalue weighted by Gasteiger charge is 2.15. The molecule has 0 unspecified atom stereocenters. The van der Waals surface area contributed by atoms with E-state index in [2.05, 4.69) is 20.6 Å². The molecule has 22 heavy (non-hydrogen) atoms. The number of carbonyl (C=O) groups is 1. The van der Waals surface area contributed by atoms with Crippen LogP contribution in [0.4, 0.5) is 5.82 Å². The van der Waals surface area contributed by atoms with Crippen molar-refractivity contribution in [2.24, 2.45) is 5.10 Å². The first-order valence-electron chi connectivity index (χ1n) is 6.47. The average molecular weight is 302 g/mol. The molecule has 1 amide bonds. The minimum Gasteiger partial charge on any atom is -0.358 e. The summed E-state index contributed by atoms with van der Waals surface area (Å²) in [4.78, 5) is 25.6. The molecule has 0 aliphatic carbocycles. The minimum atomic E-state index is -0.567. The van der Waals surface area contributed by atoms with Crippen LogP contribution in [0, 0.1) is 17.0 Å². The first-order chi connectivity index (χ1) is 10.6. The number of nitrogens with zero attached hydrogens (tertiary/aromatic N) is 5. The van der Waals surface area contributed by atoms with Gasteiger partial charge in [0.2, 0.25) is 5.91 Å². The maximum atomic E-state index is 11.6. The summed E-state index contributed by atoms with van der Waals surface area (Å²) in [6.07, 6.45) is 4.87. The predicted molar refractivity (Wildman–Crippen MR) is 78.2 cm³/mol. The molecule has 114 valence electrons. The number of carbonyl (C=O) groups excluding carboxylic acids is 1. The van der Waals surface area contributed by atoms with E-state index in [0.29, 0.717) is 5.69 Å². The van der Waals surface area contributed by atoms with Gasteiger partial charge in [-0.25, -0.2) is 5.43 Å². The van der Waals surface area contributed by atoms with Crippen LogP contribution in [-0.4, -0.2) is 31.8 Å². The number of hydrogen-bond acceptors (Lipinski definition) is 6. The Morgan fingerprint density at radius 2 is 2.23 bits per heavy atom. The quantitative estimate of drug-likeness (QED) is 0.486. The van der Waals surface area contributed by atoms with Gasteiger partial charge in [0, 0.05) is 18.8 Å². The van der Waals surface area contributed by atoms with E-state index < -0.39 is 4.92 Å². The van der Waals surface area contributed by atoms with Crippen molar-refractivity contribution in [2.45, 2.75) is 19.9 Å². The minimum absolute atomic E-state index is 0.118. The fraction of sp³-hybridized carbons (Fsp3) is 0.231. The summed E-state index contributed by atoms with van der Waals surface area (Å²) >= 11 is 0. The maximum absolute atomic E-state index is 11.6.